The fourth-order valence-corrected chi connectivity index (χ4v) is 3.40. The van der Waals surface area contributed by atoms with Crippen LogP contribution in [-0.4, -0.2) is 5.78 Å². The van der Waals surface area contributed by atoms with E-state index in [0.29, 0.717) is 5.78 Å². The average Bonchev–Trinajstić information content (AvgIpc) is 2.93. The quantitative estimate of drug-likeness (QED) is 0.294. The van der Waals surface area contributed by atoms with Gasteiger partial charge in [-0.05, 0) is 24.8 Å². The van der Waals surface area contributed by atoms with Crippen LogP contribution in [0.15, 0.2) is 11.6 Å². The summed E-state index contributed by atoms with van der Waals surface area (Å²) in [5, 5.41) is 0. The number of allylic oxidation sites excluding steroid dienone is 2. The Balaban J connectivity index is 1.72. The Morgan fingerprint density at radius 3 is 1.59 bits per heavy atom. The van der Waals surface area contributed by atoms with E-state index in [1.54, 1.807) is 0 Å². The molecule has 0 aromatic carbocycles. The Labute approximate surface area is 139 Å². The summed E-state index contributed by atoms with van der Waals surface area (Å²) in [6, 6.07) is 0. The number of unbranched alkanes of at least 4 members (excludes halogenated alkanes) is 13. The van der Waals surface area contributed by atoms with Gasteiger partial charge in [-0.2, -0.15) is 0 Å². The Hall–Kier alpha value is -0.590. The van der Waals surface area contributed by atoms with E-state index in [0.717, 1.165) is 24.8 Å². The van der Waals surface area contributed by atoms with E-state index in [9.17, 15) is 4.79 Å². The SMILES string of the molecule is CCCCCCCCCCCCCCCCC1=CCCC1=O. The van der Waals surface area contributed by atoms with Crippen LogP contribution in [0.25, 0.3) is 0 Å². The zero-order valence-corrected chi connectivity index (χ0v) is 15.0. The molecule has 1 rings (SSSR count). The second-order valence-corrected chi connectivity index (χ2v) is 7.04. The molecule has 0 aromatic rings. The lowest BCUT2D eigenvalue weighted by atomic mass is 10.0. The minimum atomic E-state index is 0.412. The lowest BCUT2D eigenvalue weighted by Gasteiger charge is -2.03. The molecule has 1 aliphatic rings. The highest BCUT2D eigenvalue weighted by Crippen LogP contribution is 2.20. The molecule has 1 nitrogen and oxygen atoms in total. The molecule has 128 valence electrons. The molecule has 0 atom stereocenters. The van der Waals surface area contributed by atoms with Crippen molar-refractivity contribution in [3.63, 3.8) is 0 Å². The standard InChI is InChI=1S/C21H38O/c1-2-3-4-5-6-7-8-9-10-11-12-13-14-15-17-20-18-16-19-21(20)22/h18H,2-17,19H2,1H3. The topological polar surface area (TPSA) is 17.1 Å². The first-order chi connectivity index (χ1) is 10.8. The van der Waals surface area contributed by atoms with Gasteiger partial charge in [0.25, 0.3) is 0 Å². The summed E-state index contributed by atoms with van der Waals surface area (Å²) in [6.45, 7) is 2.28. The van der Waals surface area contributed by atoms with Gasteiger partial charge >= 0.3 is 0 Å². The summed E-state index contributed by atoms with van der Waals surface area (Å²) < 4.78 is 0. The largest absolute Gasteiger partial charge is 0.295 e. The van der Waals surface area contributed by atoms with Gasteiger partial charge < -0.3 is 0 Å². The van der Waals surface area contributed by atoms with Crippen molar-refractivity contribution in [2.24, 2.45) is 0 Å². The first-order valence-corrected chi connectivity index (χ1v) is 10.1. The van der Waals surface area contributed by atoms with E-state index in [2.05, 4.69) is 13.0 Å². The number of Topliss-reactive ketones (excluding diaryl/α,β-unsaturated/α-hetero) is 1. The number of hydrogen-bond donors (Lipinski definition) is 0. The van der Waals surface area contributed by atoms with Gasteiger partial charge in [0.2, 0.25) is 0 Å². The van der Waals surface area contributed by atoms with Crippen LogP contribution < -0.4 is 0 Å². The van der Waals surface area contributed by atoms with E-state index in [4.69, 9.17) is 0 Å². The number of carbonyl (C=O) groups is 1. The van der Waals surface area contributed by atoms with E-state index in [-0.39, 0.29) is 0 Å². The van der Waals surface area contributed by atoms with Crippen LogP contribution in [0.1, 0.15) is 116 Å². The van der Waals surface area contributed by atoms with Gasteiger partial charge in [0.05, 0.1) is 0 Å². The molecular weight excluding hydrogens is 268 g/mol. The molecule has 0 fully saturated rings. The van der Waals surface area contributed by atoms with Gasteiger partial charge in [-0.1, -0.05) is 96.5 Å². The molecule has 0 saturated carbocycles. The van der Waals surface area contributed by atoms with Crippen molar-refractivity contribution in [3.8, 4) is 0 Å². The van der Waals surface area contributed by atoms with E-state index in [1.165, 1.54) is 89.9 Å². The molecule has 0 aromatic heterocycles. The van der Waals surface area contributed by atoms with Crippen LogP contribution in [0.5, 0.6) is 0 Å². The van der Waals surface area contributed by atoms with Crippen LogP contribution in [0, 0.1) is 0 Å². The molecule has 0 amide bonds. The smallest absolute Gasteiger partial charge is 0.158 e. The van der Waals surface area contributed by atoms with Gasteiger partial charge in [-0.3, -0.25) is 4.79 Å². The van der Waals surface area contributed by atoms with Crippen LogP contribution in [0.3, 0.4) is 0 Å². The Morgan fingerprint density at radius 2 is 1.18 bits per heavy atom. The van der Waals surface area contributed by atoms with Crippen molar-refractivity contribution in [2.45, 2.75) is 116 Å². The Kier molecular flexibility index (Phi) is 12.4. The van der Waals surface area contributed by atoms with Gasteiger partial charge in [-0.15, -0.1) is 0 Å². The molecule has 0 N–H and O–H groups in total. The van der Waals surface area contributed by atoms with Crippen molar-refractivity contribution in [2.75, 3.05) is 0 Å². The molecule has 1 heteroatoms. The van der Waals surface area contributed by atoms with Crippen LogP contribution >= 0.6 is 0 Å². The second kappa shape index (κ2) is 14.0. The summed E-state index contributed by atoms with van der Waals surface area (Å²) in [7, 11) is 0. The van der Waals surface area contributed by atoms with Gasteiger partial charge in [0.1, 0.15) is 0 Å². The Morgan fingerprint density at radius 1 is 0.727 bits per heavy atom. The summed E-state index contributed by atoms with van der Waals surface area (Å²) in [5.41, 5.74) is 1.12. The third kappa shape index (κ3) is 10.2. The van der Waals surface area contributed by atoms with Crippen molar-refractivity contribution in [1.29, 1.82) is 0 Å². The molecule has 22 heavy (non-hydrogen) atoms. The van der Waals surface area contributed by atoms with E-state index >= 15 is 0 Å². The van der Waals surface area contributed by atoms with Crippen molar-refractivity contribution >= 4 is 5.78 Å². The highest BCUT2D eigenvalue weighted by molar-refractivity contribution is 5.97. The summed E-state index contributed by atoms with van der Waals surface area (Å²) in [6.07, 6.45) is 24.5. The number of carbonyl (C=O) groups excluding carboxylic acids is 1. The summed E-state index contributed by atoms with van der Waals surface area (Å²) >= 11 is 0. The lowest BCUT2D eigenvalue weighted by Crippen LogP contribution is -1.95. The predicted octanol–water partition coefficient (Wildman–Crippen LogP) is 7.15. The fourth-order valence-electron chi connectivity index (χ4n) is 3.40. The highest BCUT2D eigenvalue weighted by atomic mass is 16.1. The normalized spacial score (nSPS) is 14.6. The number of rotatable bonds is 15. The number of hydrogen-bond acceptors (Lipinski definition) is 1. The maximum absolute atomic E-state index is 11.5. The molecular formula is C21H38O. The molecule has 0 spiro atoms. The van der Waals surface area contributed by atoms with Crippen LogP contribution in [0.4, 0.5) is 0 Å². The van der Waals surface area contributed by atoms with Crippen molar-refractivity contribution in [3.05, 3.63) is 11.6 Å². The lowest BCUT2D eigenvalue weighted by molar-refractivity contribution is -0.115. The monoisotopic (exact) mass is 306 g/mol. The Bertz CT molecular complexity index is 303. The molecule has 0 aliphatic heterocycles. The maximum Gasteiger partial charge on any atom is 0.158 e. The minimum absolute atomic E-state index is 0.412. The third-order valence-corrected chi connectivity index (χ3v) is 4.92. The first-order valence-electron chi connectivity index (χ1n) is 10.1. The average molecular weight is 307 g/mol. The summed E-state index contributed by atoms with van der Waals surface area (Å²) in [5.74, 6) is 0.412. The molecule has 0 radical (unpaired) electrons. The molecule has 0 heterocycles. The molecule has 0 bridgehead atoms. The molecule has 0 unspecified atom stereocenters. The van der Waals surface area contributed by atoms with Crippen LogP contribution in [0.2, 0.25) is 0 Å². The van der Waals surface area contributed by atoms with E-state index < -0.39 is 0 Å². The van der Waals surface area contributed by atoms with Gasteiger partial charge in [0.15, 0.2) is 5.78 Å². The van der Waals surface area contributed by atoms with E-state index in [1.807, 2.05) is 0 Å². The number of ketones is 1. The fraction of sp³-hybridized carbons (Fsp3) is 0.857. The van der Waals surface area contributed by atoms with Gasteiger partial charge in [0, 0.05) is 6.42 Å². The third-order valence-electron chi connectivity index (χ3n) is 4.92. The van der Waals surface area contributed by atoms with Gasteiger partial charge in [-0.25, -0.2) is 0 Å². The predicted molar refractivity (Wildman–Crippen MR) is 97.3 cm³/mol. The maximum atomic E-state index is 11.5. The first kappa shape index (κ1) is 19.5. The zero-order chi connectivity index (χ0) is 15.9. The molecule has 1 aliphatic carbocycles. The van der Waals surface area contributed by atoms with Crippen molar-refractivity contribution < 1.29 is 4.79 Å². The second-order valence-electron chi connectivity index (χ2n) is 7.04. The van der Waals surface area contributed by atoms with Crippen molar-refractivity contribution in [1.82, 2.24) is 0 Å². The van der Waals surface area contributed by atoms with Crippen LogP contribution in [-0.2, 0) is 4.79 Å². The molecule has 0 saturated heterocycles. The zero-order valence-electron chi connectivity index (χ0n) is 15.0. The minimum Gasteiger partial charge on any atom is -0.295 e. The highest BCUT2D eigenvalue weighted by Gasteiger charge is 2.13. The summed E-state index contributed by atoms with van der Waals surface area (Å²) in [4.78, 5) is 11.5.